The third-order valence-corrected chi connectivity index (χ3v) is 10.1. The smallest absolute Gasteiger partial charge is 0.234 e. The van der Waals surface area contributed by atoms with E-state index in [2.05, 4.69) is 60.8 Å². The lowest BCUT2D eigenvalue weighted by atomic mass is 9.88. The molecule has 0 spiro atoms. The number of thiophene rings is 1. The van der Waals surface area contributed by atoms with Crippen LogP contribution in [0.2, 0.25) is 0 Å². The molecule has 4 atom stereocenters. The summed E-state index contributed by atoms with van der Waals surface area (Å²) in [4.78, 5) is 25.2. The van der Waals surface area contributed by atoms with Gasteiger partial charge >= 0.3 is 0 Å². The number of pyridine rings is 1. The maximum Gasteiger partial charge on any atom is 0.234 e. The molecule has 0 radical (unpaired) electrons. The molecule has 184 valence electrons. The second-order valence-corrected chi connectivity index (χ2v) is 12.0. The Hall–Kier alpha value is -2.71. The van der Waals surface area contributed by atoms with Crippen molar-refractivity contribution in [3.8, 4) is 11.3 Å². The van der Waals surface area contributed by atoms with Crippen LogP contribution >= 0.6 is 11.3 Å². The number of fused-ring (bicyclic) bond motifs is 4. The lowest BCUT2D eigenvalue weighted by molar-refractivity contribution is -0.123. The molecule has 2 aliphatic rings. The van der Waals surface area contributed by atoms with E-state index >= 15 is 0 Å². The van der Waals surface area contributed by atoms with Crippen LogP contribution in [0.4, 0.5) is 0 Å². The fraction of sp³-hybridized carbons (Fsp3) is 0.519. The van der Waals surface area contributed by atoms with Gasteiger partial charge in [0.25, 0.3) is 0 Å². The van der Waals surface area contributed by atoms with Crippen LogP contribution in [0.25, 0.3) is 27.1 Å². The zero-order valence-corrected chi connectivity index (χ0v) is 22.2. The van der Waals surface area contributed by atoms with Gasteiger partial charge in [0.15, 0.2) is 5.65 Å². The van der Waals surface area contributed by atoms with Gasteiger partial charge in [-0.3, -0.25) is 9.69 Å². The molecule has 7 nitrogen and oxygen atoms in total. The average molecular weight is 491 g/mol. The van der Waals surface area contributed by atoms with Gasteiger partial charge in [0, 0.05) is 34.6 Å². The van der Waals surface area contributed by atoms with Crippen LogP contribution in [-0.2, 0) is 4.79 Å². The molecule has 2 bridgehead atoms. The first-order valence-electron chi connectivity index (χ1n) is 12.7. The summed E-state index contributed by atoms with van der Waals surface area (Å²) >= 11 is 1.94. The predicted molar refractivity (Wildman–Crippen MR) is 141 cm³/mol. The number of H-pyrrole nitrogens is 1. The summed E-state index contributed by atoms with van der Waals surface area (Å²) in [5.41, 5.74) is 14.2. The van der Waals surface area contributed by atoms with Gasteiger partial charge in [-0.25, -0.2) is 9.50 Å². The summed E-state index contributed by atoms with van der Waals surface area (Å²) < 4.78 is 1.89. The third kappa shape index (κ3) is 3.22. The lowest BCUT2D eigenvalue weighted by Crippen LogP contribution is -2.47. The number of likely N-dealkylation sites (tertiary alicyclic amines) is 1. The van der Waals surface area contributed by atoms with Crippen molar-refractivity contribution in [1.82, 2.24) is 24.5 Å². The van der Waals surface area contributed by atoms with Gasteiger partial charge in [-0.05, 0) is 80.5 Å². The van der Waals surface area contributed by atoms with Crippen molar-refractivity contribution < 1.29 is 4.79 Å². The van der Waals surface area contributed by atoms with E-state index in [9.17, 15) is 4.79 Å². The molecule has 3 N–H and O–H groups in total. The number of amides is 1. The number of nitrogens with two attached hydrogens (primary N) is 1. The summed E-state index contributed by atoms with van der Waals surface area (Å²) in [5.74, 6) is 1.35. The van der Waals surface area contributed by atoms with Crippen molar-refractivity contribution in [2.45, 2.75) is 78.3 Å². The molecule has 1 aliphatic carbocycles. The summed E-state index contributed by atoms with van der Waals surface area (Å²) in [6, 6.07) is 0.293. The summed E-state index contributed by atoms with van der Waals surface area (Å²) in [7, 11) is 0. The predicted octanol–water partition coefficient (Wildman–Crippen LogP) is 5.04. The van der Waals surface area contributed by atoms with E-state index in [-0.39, 0.29) is 11.9 Å². The van der Waals surface area contributed by atoms with E-state index in [0.29, 0.717) is 23.8 Å². The highest BCUT2D eigenvalue weighted by Crippen LogP contribution is 2.53. The Bertz CT molecular complexity index is 1480. The first-order valence-corrected chi connectivity index (χ1v) is 13.5. The van der Waals surface area contributed by atoms with E-state index < -0.39 is 0 Å². The number of nitrogens with zero attached hydrogens (tertiary/aromatic N) is 4. The van der Waals surface area contributed by atoms with Crippen LogP contribution in [0.5, 0.6) is 0 Å². The number of aryl methyl sites for hydroxylation is 2. The normalized spacial score (nSPS) is 23.3. The van der Waals surface area contributed by atoms with Gasteiger partial charge in [0.1, 0.15) is 11.2 Å². The van der Waals surface area contributed by atoms with E-state index in [1.165, 1.54) is 55.0 Å². The Morgan fingerprint density at radius 3 is 2.60 bits per heavy atom. The van der Waals surface area contributed by atoms with Crippen molar-refractivity contribution in [1.29, 1.82) is 0 Å². The van der Waals surface area contributed by atoms with Gasteiger partial charge in [0.05, 0.1) is 11.7 Å². The van der Waals surface area contributed by atoms with Crippen molar-refractivity contribution >= 4 is 33.1 Å². The molecular formula is C27H34N6OS. The molecule has 0 aromatic carbocycles. The molecule has 1 saturated heterocycles. The Morgan fingerprint density at radius 2 is 1.94 bits per heavy atom. The highest BCUT2D eigenvalue weighted by atomic mass is 32.1. The number of aromatic nitrogens is 4. The van der Waals surface area contributed by atoms with Gasteiger partial charge in [-0.15, -0.1) is 11.3 Å². The summed E-state index contributed by atoms with van der Waals surface area (Å²) in [5, 5.41) is 5.82. The highest BCUT2D eigenvalue weighted by Gasteiger charge is 2.48. The third-order valence-electron chi connectivity index (χ3n) is 8.76. The van der Waals surface area contributed by atoms with Crippen molar-refractivity contribution in [2.75, 3.05) is 6.54 Å². The first kappa shape index (κ1) is 22.7. The van der Waals surface area contributed by atoms with Crippen LogP contribution in [0, 0.1) is 26.7 Å². The summed E-state index contributed by atoms with van der Waals surface area (Å²) in [6.07, 6.45) is 6.04. The molecule has 2 unspecified atom stereocenters. The quantitative estimate of drug-likeness (QED) is 0.410. The molecule has 5 heterocycles. The number of nitrogens with one attached hydrogen (secondary N) is 1. The van der Waals surface area contributed by atoms with Crippen molar-refractivity contribution in [3.05, 3.63) is 39.7 Å². The SMILES string of the molecule is Cc1c(-c2[nH]c3sc([C@@H]4CC5CC4CN5[C@@H](C)C(N)=O)c(C)c3c2C(C)C)cn2ncnc2c1C. The molecule has 2 fully saturated rings. The molecular weight excluding hydrogens is 456 g/mol. The number of aromatic amines is 1. The molecule has 4 aromatic heterocycles. The van der Waals surface area contributed by atoms with Crippen LogP contribution < -0.4 is 5.73 Å². The molecule has 1 aliphatic heterocycles. The van der Waals surface area contributed by atoms with E-state index in [4.69, 9.17) is 5.73 Å². The van der Waals surface area contributed by atoms with E-state index in [1.807, 2.05) is 22.8 Å². The topological polar surface area (TPSA) is 92.3 Å². The lowest BCUT2D eigenvalue weighted by Gasteiger charge is -2.34. The Morgan fingerprint density at radius 1 is 1.17 bits per heavy atom. The fourth-order valence-electron chi connectivity index (χ4n) is 6.79. The monoisotopic (exact) mass is 490 g/mol. The zero-order valence-electron chi connectivity index (χ0n) is 21.3. The number of rotatable bonds is 5. The Kier molecular flexibility index (Phi) is 5.13. The van der Waals surface area contributed by atoms with Crippen LogP contribution in [0.15, 0.2) is 12.5 Å². The standard InChI is InChI=1S/C27H34N6OS/c1-12(2)21-22-15(5)24(19-8-18-7-17(19)9-32(18)16(6)25(28)34)35-27(22)31-23(21)20-10-33-26(29-11-30-33)14(4)13(20)3/h10-12,16-19,31H,7-9H2,1-6H3,(H2,28,34)/t16-,17?,18?,19+/m0/s1. The average Bonchev–Trinajstić information content (AvgIpc) is 3.61. The molecule has 1 saturated carbocycles. The summed E-state index contributed by atoms with van der Waals surface area (Å²) in [6.45, 7) is 14.1. The number of primary amides is 1. The van der Waals surface area contributed by atoms with Gasteiger partial charge in [-0.2, -0.15) is 5.10 Å². The number of carbonyl (C=O) groups excluding carboxylic acids is 1. The van der Waals surface area contributed by atoms with Gasteiger partial charge in [-0.1, -0.05) is 13.8 Å². The van der Waals surface area contributed by atoms with Gasteiger partial charge < -0.3 is 10.7 Å². The maximum absolute atomic E-state index is 11.8. The minimum absolute atomic E-state index is 0.172. The number of carbonyl (C=O) groups is 1. The molecule has 1 amide bonds. The van der Waals surface area contributed by atoms with Gasteiger partial charge in [0.2, 0.25) is 5.91 Å². The number of hydrogen-bond acceptors (Lipinski definition) is 5. The first-order chi connectivity index (χ1) is 16.7. The minimum Gasteiger partial charge on any atom is -0.368 e. The Balaban J connectivity index is 1.42. The number of hydrogen-bond donors (Lipinski definition) is 2. The van der Waals surface area contributed by atoms with Crippen LogP contribution in [0.1, 0.15) is 72.6 Å². The van der Waals surface area contributed by atoms with E-state index in [0.717, 1.165) is 18.6 Å². The minimum atomic E-state index is -0.210. The van der Waals surface area contributed by atoms with Crippen molar-refractivity contribution in [2.24, 2.45) is 11.7 Å². The number of piperidine rings is 1. The second-order valence-electron chi connectivity index (χ2n) is 11.0. The molecule has 6 rings (SSSR count). The molecule has 4 aromatic rings. The van der Waals surface area contributed by atoms with Crippen LogP contribution in [0.3, 0.4) is 0 Å². The Labute approximate surface area is 209 Å². The van der Waals surface area contributed by atoms with Crippen LogP contribution in [-0.4, -0.2) is 49.0 Å². The molecule has 35 heavy (non-hydrogen) atoms. The highest BCUT2D eigenvalue weighted by molar-refractivity contribution is 7.19. The van der Waals surface area contributed by atoms with Crippen molar-refractivity contribution in [3.63, 3.8) is 0 Å². The fourth-order valence-corrected chi connectivity index (χ4v) is 8.23. The maximum atomic E-state index is 11.8. The van der Waals surface area contributed by atoms with E-state index in [1.54, 1.807) is 6.33 Å². The zero-order chi connectivity index (χ0) is 24.8. The molecule has 8 heteroatoms. The largest absolute Gasteiger partial charge is 0.368 e. The second kappa shape index (κ2) is 7.90.